The van der Waals surface area contributed by atoms with Crippen LogP contribution in [0.2, 0.25) is 0 Å². The van der Waals surface area contributed by atoms with Crippen molar-refractivity contribution in [2.45, 2.75) is 11.4 Å². The van der Waals surface area contributed by atoms with Gasteiger partial charge in [-0.05, 0) is 34.9 Å². The first-order chi connectivity index (χ1) is 14.5. The highest BCUT2D eigenvalue weighted by Gasteiger charge is 2.33. The number of amides is 2. The third-order valence-electron chi connectivity index (χ3n) is 4.85. The smallest absolute Gasteiger partial charge is 0.353 e. The standard InChI is InChI=1S/C22H20N2O6S/c1-13(22(27)30-3)23-20(25)14(2)24-12-19-17(6-5-7-18(19)21(24)26)15-8-10-16(11-9-15)31(4,28)29/h5-11H,1-2,12H2,3-4H3,(H,23,25). The van der Waals surface area contributed by atoms with Gasteiger partial charge in [-0.3, -0.25) is 14.5 Å². The molecule has 8 nitrogen and oxygen atoms in total. The SMILES string of the molecule is C=C(NC(=O)C(=C)N1Cc2c(cccc2-c2ccc(S(C)(=O)=O)cc2)C1=O)C(=O)OC. The molecule has 0 saturated carbocycles. The van der Waals surface area contributed by atoms with Gasteiger partial charge in [0.25, 0.3) is 11.8 Å². The molecule has 0 atom stereocenters. The van der Waals surface area contributed by atoms with Crippen LogP contribution in [0, 0.1) is 0 Å². The Labute approximate surface area is 179 Å². The number of methoxy groups -OCH3 is 1. The van der Waals surface area contributed by atoms with Crippen LogP contribution < -0.4 is 5.32 Å². The summed E-state index contributed by atoms with van der Waals surface area (Å²) in [5, 5.41) is 2.26. The minimum atomic E-state index is -3.33. The van der Waals surface area contributed by atoms with Crippen LogP contribution in [0.5, 0.6) is 0 Å². The van der Waals surface area contributed by atoms with Crippen LogP contribution in [0.1, 0.15) is 15.9 Å². The van der Waals surface area contributed by atoms with E-state index >= 15 is 0 Å². The van der Waals surface area contributed by atoms with Gasteiger partial charge in [-0.2, -0.15) is 0 Å². The maximum atomic E-state index is 12.9. The number of rotatable bonds is 6. The van der Waals surface area contributed by atoms with Gasteiger partial charge in [0.2, 0.25) is 0 Å². The van der Waals surface area contributed by atoms with E-state index in [4.69, 9.17) is 0 Å². The zero-order valence-electron chi connectivity index (χ0n) is 17.0. The number of nitrogens with one attached hydrogen (secondary N) is 1. The number of ether oxygens (including phenoxy) is 1. The number of benzene rings is 2. The second-order valence-corrected chi connectivity index (χ2v) is 8.91. The summed E-state index contributed by atoms with van der Waals surface area (Å²) in [6.45, 7) is 7.19. The molecule has 0 saturated heterocycles. The van der Waals surface area contributed by atoms with E-state index in [1.54, 1.807) is 24.3 Å². The summed E-state index contributed by atoms with van der Waals surface area (Å²) < 4.78 is 27.9. The molecule has 0 spiro atoms. The fourth-order valence-corrected chi connectivity index (χ4v) is 3.84. The van der Waals surface area contributed by atoms with Crippen LogP contribution in [0.3, 0.4) is 0 Å². The third kappa shape index (κ3) is 4.26. The first-order valence-electron chi connectivity index (χ1n) is 9.06. The lowest BCUT2D eigenvalue weighted by Crippen LogP contribution is -2.36. The molecule has 160 valence electrons. The molecule has 2 amide bonds. The van der Waals surface area contributed by atoms with E-state index in [-0.39, 0.29) is 22.8 Å². The Hall–Kier alpha value is -3.72. The predicted molar refractivity (Wildman–Crippen MR) is 113 cm³/mol. The number of carbonyl (C=O) groups is 3. The normalized spacial score (nSPS) is 12.8. The number of fused-ring (bicyclic) bond motifs is 1. The lowest BCUT2D eigenvalue weighted by Gasteiger charge is -2.18. The maximum Gasteiger partial charge on any atom is 0.353 e. The molecule has 0 bridgehead atoms. The molecule has 2 aromatic carbocycles. The summed E-state index contributed by atoms with van der Waals surface area (Å²) in [6, 6.07) is 11.5. The van der Waals surface area contributed by atoms with Crippen LogP contribution in [-0.4, -0.2) is 44.5 Å². The van der Waals surface area contributed by atoms with Crippen molar-refractivity contribution in [1.82, 2.24) is 10.2 Å². The first-order valence-corrected chi connectivity index (χ1v) is 11.0. The van der Waals surface area contributed by atoms with Gasteiger partial charge in [0, 0.05) is 11.8 Å². The van der Waals surface area contributed by atoms with E-state index in [0.717, 1.165) is 24.5 Å². The molecule has 0 aromatic heterocycles. The fourth-order valence-electron chi connectivity index (χ4n) is 3.21. The van der Waals surface area contributed by atoms with E-state index < -0.39 is 27.6 Å². The lowest BCUT2D eigenvalue weighted by molar-refractivity contribution is -0.137. The number of nitrogens with zero attached hydrogens (tertiary/aromatic N) is 1. The van der Waals surface area contributed by atoms with Gasteiger partial charge in [-0.25, -0.2) is 13.2 Å². The van der Waals surface area contributed by atoms with Crippen molar-refractivity contribution in [3.63, 3.8) is 0 Å². The molecule has 9 heteroatoms. The average Bonchev–Trinajstić information content (AvgIpc) is 3.08. The highest BCUT2D eigenvalue weighted by molar-refractivity contribution is 7.90. The molecule has 1 heterocycles. The zero-order valence-corrected chi connectivity index (χ0v) is 17.8. The predicted octanol–water partition coefficient (Wildman–Crippen LogP) is 2.03. The largest absolute Gasteiger partial charge is 0.464 e. The second-order valence-electron chi connectivity index (χ2n) is 6.89. The Bertz CT molecular complexity index is 1230. The van der Waals surface area contributed by atoms with Gasteiger partial charge in [0.05, 0.1) is 18.6 Å². The molecule has 1 N–H and O–H groups in total. The van der Waals surface area contributed by atoms with Crippen molar-refractivity contribution in [1.29, 1.82) is 0 Å². The van der Waals surface area contributed by atoms with E-state index in [0.29, 0.717) is 11.1 Å². The Morgan fingerprint density at radius 2 is 1.68 bits per heavy atom. The van der Waals surface area contributed by atoms with Gasteiger partial charge < -0.3 is 10.1 Å². The van der Waals surface area contributed by atoms with Crippen molar-refractivity contribution in [2.75, 3.05) is 13.4 Å². The Kier molecular flexibility index (Phi) is 5.81. The van der Waals surface area contributed by atoms with E-state index in [1.807, 2.05) is 6.07 Å². The number of hydrogen-bond donors (Lipinski definition) is 1. The van der Waals surface area contributed by atoms with Crippen molar-refractivity contribution in [3.8, 4) is 11.1 Å². The summed E-state index contributed by atoms with van der Waals surface area (Å²) in [4.78, 5) is 38.1. The van der Waals surface area contributed by atoms with E-state index in [9.17, 15) is 22.8 Å². The van der Waals surface area contributed by atoms with Crippen molar-refractivity contribution in [2.24, 2.45) is 0 Å². The summed E-state index contributed by atoms with van der Waals surface area (Å²) >= 11 is 0. The Morgan fingerprint density at radius 3 is 2.26 bits per heavy atom. The van der Waals surface area contributed by atoms with E-state index in [1.165, 1.54) is 17.0 Å². The van der Waals surface area contributed by atoms with E-state index in [2.05, 4.69) is 23.2 Å². The molecule has 1 aliphatic rings. The van der Waals surface area contributed by atoms with Crippen LogP contribution >= 0.6 is 0 Å². The second kappa shape index (κ2) is 8.19. The number of carbonyl (C=O) groups excluding carboxylic acids is 3. The highest BCUT2D eigenvalue weighted by Crippen LogP contribution is 2.34. The minimum Gasteiger partial charge on any atom is -0.464 e. The average molecular weight is 440 g/mol. The molecule has 0 aliphatic carbocycles. The van der Waals surface area contributed by atoms with Crippen LogP contribution in [0.25, 0.3) is 11.1 Å². The Morgan fingerprint density at radius 1 is 1.06 bits per heavy atom. The topological polar surface area (TPSA) is 110 Å². The lowest BCUT2D eigenvalue weighted by atomic mass is 9.97. The van der Waals surface area contributed by atoms with Gasteiger partial charge in [0.1, 0.15) is 11.4 Å². The van der Waals surface area contributed by atoms with Crippen LogP contribution in [0.15, 0.2) is 71.9 Å². The number of hydrogen-bond acceptors (Lipinski definition) is 6. The molecule has 3 rings (SSSR count). The zero-order chi connectivity index (χ0) is 22.9. The molecule has 0 radical (unpaired) electrons. The summed E-state index contributed by atoms with van der Waals surface area (Å²) in [7, 11) is -2.18. The van der Waals surface area contributed by atoms with Gasteiger partial charge in [-0.1, -0.05) is 37.4 Å². The van der Waals surface area contributed by atoms with Crippen LogP contribution in [0.4, 0.5) is 0 Å². The van der Waals surface area contributed by atoms with Crippen molar-refractivity contribution in [3.05, 3.63) is 78.1 Å². The van der Waals surface area contributed by atoms with Gasteiger partial charge >= 0.3 is 5.97 Å². The first kappa shape index (κ1) is 22.0. The maximum absolute atomic E-state index is 12.9. The summed E-state index contributed by atoms with van der Waals surface area (Å²) in [6.07, 6.45) is 1.13. The number of esters is 1. The summed E-state index contributed by atoms with van der Waals surface area (Å²) in [5.41, 5.74) is 2.13. The van der Waals surface area contributed by atoms with Crippen LogP contribution in [-0.2, 0) is 30.7 Å². The van der Waals surface area contributed by atoms with Crippen molar-refractivity contribution < 1.29 is 27.5 Å². The van der Waals surface area contributed by atoms with Gasteiger partial charge in [-0.15, -0.1) is 0 Å². The van der Waals surface area contributed by atoms with Gasteiger partial charge in [0.15, 0.2) is 9.84 Å². The fraction of sp³-hybridized carbons (Fsp3) is 0.136. The number of sulfone groups is 1. The summed E-state index contributed by atoms with van der Waals surface area (Å²) in [5.74, 6) is -1.97. The van der Waals surface area contributed by atoms with Crippen molar-refractivity contribution >= 4 is 27.6 Å². The molecular weight excluding hydrogens is 420 g/mol. The quantitative estimate of drug-likeness (QED) is 0.544. The molecule has 2 aromatic rings. The molecule has 31 heavy (non-hydrogen) atoms. The molecule has 0 fully saturated rings. The molecule has 0 unspecified atom stereocenters. The monoisotopic (exact) mass is 440 g/mol. The minimum absolute atomic E-state index is 0.0924. The highest BCUT2D eigenvalue weighted by atomic mass is 32.2. The Balaban J connectivity index is 1.88. The third-order valence-corrected chi connectivity index (χ3v) is 5.97. The molecule has 1 aliphatic heterocycles. The molecular formula is C22H20N2O6S.